The van der Waals surface area contributed by atoms with Crippen LogP contribution < -0.4 is 5.32 Å². The summed E-state index contributed by atoms with van der Waals surface area (Å²) in [6.07, 6.45) is 3.19. The second kappa shape index (κ2) is 7.59. The largest absolute Gasteiger partial charge is 0.308 e. The van der Waals surface area contributed by atoms with E-state index in [1.54, 1.807) is 18.2 Å². The molecule has 1 atom stereocenters. The molecule has 0 spiro atoms. The van der Waals surface area contributed by atoms with Gasteiger partial charge < -0.3 is 5.32 Å². The lowest BCUT2D eigenvalue weighted by molar-refractivity contribution is -0.00555. The van der Waals surface area contributed by atoms with Crippen molar-refractivity contribution in [1.82, 2.24) is 5.32 Å². The summed E-state index contributed by atoms with van der Waals surface area (Å²) in [6, 6.07) is 8.14. The highest BCUT2D eigenvalue weighted by Crippen LogP contribution is 2.26. The molecular weight excluding hydrogens is 244 g/mol. The van der Waals surface area contributed by atoms with E-state index in [1.165, 1.54) is 12.1 Å². The highest BCUT2D eigenvalue weighted by atomic mass is 19.3. The monoisotopic (exact) mass is 269 g/mol. The van der Waals surface area contributed by atoms with Crippen LogP contribution in [0.4, 0.5) is 8.78 Å². The van der Waals surface area contributed by atoms with Crippen LogP contribution in [0.25, 0.3) is 0 Å². The summed E-state index contributed by atoms with van der Waals surface area (Å²) < 4.78 is 27.8. The maximum absolute atomic E-state index is 13.9. The van der Waals surface area contributed by atoms with E-state index in [2.05, 4.69) is 19.2 Å². The van der Waals surface area contributed by atoms with Gasteiger partial charge in [0.25, 0.3) is 5.92 Å². The number of alkyl halides is 2. The van der Waals surface area contributed by atoms with E-state index < -0.39 is 5.92 Å². The quantitative estimate of drug-likeness (QED) is 0.728. The summed E-state index contributed by atoms with van der Waals surface area (Å²) in [5, 5.41) is 2.95. The van der Waals surface area contributed by atoms with Gasteiger partial charge in [-0.05, 0) is 19.3 Å². The number of hydrogen-bond acceptors (Lipinski definition) is 1. The van der Waals surface area contributed by atoms with Gasteiger partial charge in [0, 0.05) is 11.6 Å². The first-order valence-electron chi connectivity index (χ1n) is 7.08. The zero-order valence-electron chi connectivity index (χ0n) is 12.1. The predicted molar refractivity (Wildman–Crippen MR) is 76.5 cm³/mol. The van der Waals surface area contributed by atoms with Crippen molar-refractivity contribution in [2.45, 2.75) is 52.0 Å². The molecule has 108 valence electrons. The van der Waals surface area contributed by atoms with Gasteiger partial charge in [0.2, 0.25) is 0 Å². The molecule has 0 saturated carbocycles. The van der Waals surface area contributed by atoms with Crippen LogP contribution in [0, 0.1) is 5.92 Å². The van der Waals surface area contributed by atoms with Crippen molar-refractivity contribution in [2.75, 3.05) is 6.54 Å². The Hall–Kier alpha value is -0.960. The summed E-state index contributed by atoms with van der Waals surface area (Å²) in [7, 11) is 0. The van der Waals surface area contributed by atoms with E-state index in [0.29, 0.717) is 5.92 Å². The fourth-order valence-corrected chi connectivity index (χ4v) is 2.02. The molecule has 0 aromatic heterocycles. The molecule has 0 bridgehead atoms. The van der Waals surface area contributed by atoms with Gasteiger partial charge >= 0.3 is 0 Å². The number of hydrogen-bond donors (Lipinski definition) is 1. The average molecular weight is 269 g/mol. The van der Waals surface area contributed by atoms with Crippen molar-refractivity contribution in [1.29, 1.82) is 0 Å². The number of rotatable bonds is 8. The summed E-state index contributed by atoms with van der Waals surface area (Å²) in [6.45, 7) is 6.05. The molecular formula is C16H25F2N. The molecule has 1 aromatic carbocycles. The van der Waals surface area contributed by atoms with Crippen molar-refractivity contribution in [3.05, 3.63) is 35.9 Å². The minimum atomic E-state index is -2.80. The summed E-state index contributed by atoms with van der Waals surface area (Å²) >= 11 is 0. The minimum Gasteiger partial charge on any atom is -0.308 e. The van der Waals surface area contributed by atoms with E-state index in [9.17, 15) is 8.78 Å². The molecule has 0 aliphatic rings. The summed E-state index contributed by atoms with van der Waals surface area (Å²) in [5.41, 5.74) is 0.0804. The molecule has 0 fully saturated rings. The van der Waals surface area contributed by atoms with Gasteiger partial charge in [0.1, 0.15) is 0 Å². The van der Waals surface area contributed by atoms with Crippen LogP contribution >= 0.6 is 0 Å². The van der Waals surface area contributed by atoms with Gasteiger partial charge in [0.15, 0.2) is 0 Å². The fraction of sp³-hybridized carbons (Fsp3) is 0.625. The molecule has 0 heterocycles. The zero-order valence-corrected chi connectivity index (χ0v) is 12.1. The van der Waals surface area contributed by atoms with Crippen molar-refractivity contribution >= 4 is 0 Å². The van der Waals surface area contributed by atoms with Gasteiger partial charge in [-0.25, -0.2) is 0 Å². The SMILES string of the molecule is CC(C)CCCC(C)NCC(F)(F)c1ccccc1. The standard InChI is InChI=1S/C16H25F2N/c1-13(2)8-7-9-14(3)19-12-16(17,18)15-10-5-4-6-11-15/h4-6,10-11,13-14,19H,7-9,12H2,1-3H3. The van der Waals surface area contributed by atoms with E-state index in [-0.39, 0.29) is 18.2 Å². The van der Waals surface area contributed by atoms with Gasteiger partial charge in [-0.15, -0.1) is 0 Å². The topological polar surface area (TPSA) is 12.0 Å². The van der Waals surface area contributed by atoms with E-state index >= 15 is 0 Å². The third-order valence-corrected chi connectivity index (χ3v) is 3.29. The number of halogens is 2. The maximum Gasteiger partial charge on any atom is 0.285 e. The Kier molecular flexibility index (Phi) is 6.43. The van der Waals surface area contributed by atoms with Crippen LogP contribution in [-0.4, -0.2) is 12.6 Å². The van der Waals surface area contributed by atoms with Crippen LogP contribution in [0.5, 0.6) is 0 Å². The highest BCUT2D eigenvalue weighted by molar-refractivity contribution is 5.20. The molecule has 1 N–H and O–H groups in total. The van der Waals surface area contributed by atoms with Crippen molar-refractivity contribution in [3.63, 3.8) is 0 Å². The maximum atomic E-state index is 13.9. The third-order valence-electron chi connectivity index (χ3n) is 3.29. The third kappa shape index (κ3) is 6.15. The van der Waals surface area contributed by atoms with Crippen LogP contribution in [-0.2, 0) is 5.92 Å². The van der Waals surface area contributed by atoms with Crippen LogP contribution in [0.15, 0.2) is 30.3 Å². The molecule has 0 aliphatic carbocycles. The van der Waals surface area contributed by atoms with Crippen molar-refractivity contribution in [3.8, 4) is 0 Å². The van der Waals surface area contributed by atoms with Crippen molar-refractivity contribution < 1.29 is 8.78 Å². The number of nitrogens with one attached hydrogen (secondary N) is 1. The molecule has 19 heavy (non-hydrogen) atoms. The molecule has 1 aromatic rings. The second-order valence-corrected chi connectivity index (χ2v) is 5.68. The lowest BCUT2D eigenvalue weighted by Crippen LogP contribution is -2.36. The molecule has 0 amide bonds. The molecule has 3 heteroatoms. The van der Waals surface area contributed by atoms with Gasteiger partial charge in [0.05, 0.1) is 6.54 Å². The molecule has 1 nitrogen and oxygen atoms in total. The van der Waals surface area contributed by atoms with Gasteiger partial charge in [-0.3, -0.25) is 0 Å². The van der Waals surface area contributed by atoms with E-state index in [0.717, 1.165) is 19.3 Å². The van der Waals surface area contributed by atoms with E-state index in [4.69, 9.17) is 0 Å². The number of benzene rings is 1. The summed E-state index contributed by atoms with van der Waals surface area (Å²) in [4.78, 5) is 0. The Labute approximate surface area is 115 Å². The predicted octanol–water partition coefficient (Wildman–Crippen LogP) is 4.58. The first-order valence-corrected chi connectivity index (χ1v) is 7.08. The van der Waals surface area contributed by atoms with Gasteiger partial charge in [-0.2, -0.15) is 8.78 Å². The fourth-order valence-electron chi connectivity index (χ4n) is 2.02. The van der Waals surface area contributed by atoms with Gasteiger partial charge in [-0.1, -0.05) is 57.0 Å². The Bertz CT molecular complexity index is 349. The Morgan fingerprint density at radius 1 is 1.05 bits per heavy atom. The smallest absolute Gasteiger partial charge is 0.285 e. The molecule has 1 unspecified atom stereocenters. The Balaban J connectivity index is 2.34. The first kappa shape index (κ1) is 16.1. The Morgan fingerprint density at radius 3 is 2.26 bits per heavy atom. The molecule has 0 radical (unpaired) electrons. The lowest BCUT2D eigenvalue weighted by atomic mass is 10.0. The molecule has 0 aliphatic heterocycles. The van der Waals surface area contributed by atoms with Crippen LogP contribution in [0.3, 0.4) is 0 Å². The van der Waals surface area contributed by atoms with Crippen molar-refractivity contribution in [2.24, 2.45) is 5.92 Å². The average Bonchev–Trinajstić information content (AvgIpc) is 2.37. The molecule has 0 saturated heterocycles. The zero-order chi connectivity index (χ0) is 14.3. The Morgan fingerprint density at radius 2 is 1.68 bits per heavy atom. The first-order chi connectivity index (χ1) is 8.92. The highest BCUT2D eigenvalue weighted by Gasteiger charge is 2.31. The normalized spacial score (nSPS) is 13.8. The second-order valence-electron chi connectivity index (χ2n) is 5.68. The van der Waals surface area contributed by atoms with Crippen LogP contribution in [0.2, 0.25) is 0 Å². The lowest BCUT2D eigenvalue weighted by Gasteiger charge is -2.21. The summed E-state index contributed by atoms with van der Waals surface area (Å²) in [5.74, 6) is -2.12. The minimum absolute atomic E-state index is 0.0804. The van der Waals surface area contributed by atoms with E-state index in [1.807, 2.05) is 6.92 Å². The van der Waals surface area contributed by atoms with Crippen LogP contribution in [0.1, 0.15) is 45.6 Å². The molecule has 1 rings (SSSR count).